The molecule has 0 heterocycles. The van der Waals surface area contributed by atoms with Crippen molar-refractivity contribution in [3.8, 4) is 0 Å². The number of benzene rings is 2. The summed E-state index contributed by atoms with van der Waals surface area (Å²) < 4.78 is 81.3. The Labute approximate surface area is 194 Å². The first-order chi connectivity index (χ1) is 14.8. The molecule has 11 heteroatoms. The van der Waals surface area contributed by atoms with Crippen molar-refractivity contribution in [1.29, 1.82) is 0 Å². The van der Waals surface area contributed by atoms with Gasteiger partial charge in [-0.15, -0.1) is 0 Å². The predicted molar refractivity (Wildman–Crippen MR) is 113 cm³/mol. The van der Waals surface area contributed by atoms with E-state index in [1.807, 2.05) is 0 Å². The molecule has 1 atom stereocenters. The number of halogens is 9. The second-order valence-corrected chi connectivity index (χ2v) is 7.99. The Bertz CT molecular complexity index is 995. The van der Waals surface area contributed by atoms with Crippen LogP contribution in [0, 0.1) is 0 Å². The normalized spacial score (nSPS) is 13.6. The van der Waals surface area contributed by atoms with E-state index in [9.17, 15) is 31.1 Å². The SMILES string of the molecule is NCCCC(=O)c1ccc(/C=C/C(c2cc(Cl)c(Cl)c(Cl)c2)C(F)(F)F)cc1C(F)(F)F. The first-order valence-corrected chi connectivity index (χ1v) is 10.2. The molecule has 0 radical (unpaired) electrons. The van der Waals surface area contributed by atoms with Crippen LogP contribution in [-0.2, 0) is 6.18 Å². The molecule has 2 aromatic carbocycles. The van der Waals surface area contributed by atoms with E-state index < -0.39 is 35.2 Å². The van der Waals surface area contributed by atoms with Gasteiger partial charge in [0.25, 0.3) is 0 Å². The lowest BCUT2D eigenvalue weighted by Crippen LogP contribution is -2.19. The van der Waals surface area contributed by atoms with Crippen LogP contribution in [0.5, 0.6) is 0 Å². The molecule has 0 aliphatic rings. The third kappa shape index (κ3) is 6.63. The maximum Gasteiger partial charge on any atom is 0.417 e. The Morgan fingerprint density at radius 2 is 1.59 bits per heavy atom. The van der Waals surface area contributed by atoms with Crippen LogP contribution in [0.3, 0.4) is 0 Å². The van der Waals surface area contributed by atoms with E-state index in [2.05, 4.69) is 0 Å². The molecule has 0 bridgehead atoms. The average molecular weight is 519 g/mol. The number of hydrogen-bond donors (Lipinski definition) is 1. The molecule has 2 N–H and O–H groups in total. The van der Waals surface area contributed by atoms with Gasteiger partial charge in [0.2, 0.25) is 0 Å². The predicted octanol–water partition coefficient (Wildman–Crippen LogP) is 7.95. The zero-order valence-electron chi connectivity index (χ0n) is 16.1. The molecule has 2 rings (SSSR count). The van der Waals surface area contributed by atoms with Crippen LogP contribution in [0.15, 0.2) is 36.4 Å². The number of Topliss-reactive ketones (excluding diaryl/α,β-unsaturated/α-hetero) is 1. The van der Waals surface area contributed by atoms with Gasteiger partial charge in [-0.3, -0.25) is 4.79 Å². The van der Waals surface area contributed by atoms with Gasteiger partial charge in [-0.1, -0.05) is 59.1 Å². The Hall–Kier alpha value is -1.74. The van der Waals surface area contributed by atoms with Crippen molar-refractivity contribution in [3.63, 3.8) is 0 Å². The molecular formula is C21H16Cl3F6NO. The Balaban J connectivity index is 2.48. The third-order valence-electron chi connectivity index (χ3n) is 4.46. The quantitative estimate of drug-likeness (QED) is 0.230. The molecule has 0 aliphatic heterocycles. The summed E-state index contributed by atoms with van der Waals surface area (Å²) in [6, 6.07) is 4.68. The van der Waals surface area contributed by atoms with Crippen molar-refractivity contribution in [2.24, 2.45) is 5.73 Å². The summed E-state index contributed by atoms with van der Waals surface area (Å²) in [5.74, 6) is -2.97. The van der Waals surface area contributed by atoms with Crippen molar-refractivity contribution in [2.75, 3.05) is 6.54 Å². The van der Waals surface area contributed by atoms with Crippen molar-refractivity contribution in [2.45, 2.75) is 31.1 Å². The molecule has 0 aliphatic carbocycles. The van der Waals surface area contributed by atoms with Gasteiger partial charge in [-0.05, 0) is 42.3 Å². The van der Waals surface area contributed by atoms with Gasteiger partial charge in [-0.25, -0.2) is 0 Å². The lowest BCUT2D eigenvalue weighted by molar-refractivity contribution is -0.139. The molecule has 1 unspecified atom stereocenters. The number of ketones is 1. The maximum absolute atomic E-state index is 13.6. The van der Waals surface area contributed by atoms with Crippen LogP contribution in [-0.4, -0.2) is 18.5 Å². The summed E-state index contributed by atoms with van der Waals surface area (Å²) >= 11 is 17.4. The van der Waals surface area contributed by atoms with Crippen LogP contribution in [0.1, 0.15) is 45.8 Å². The zero-order valence-corrected chi connectivity index (χ0v) is 18.4. The molecule has 174 valence electrons. The fourth-order valence-corrected chi connectivity index (χ4v) is 3.52. The highest BCUT2D eigenvalue weighted by atomic mass is 35.5. The first-order valence-electron chi connectivity index (χ1n) is 9.09. The van der Waals surface area contributed by atoms with Crippen molar-refractivity contribution < 1.29 is 31.1 Å². The highest BCUT2D eigenvalue weighted by Crippen LogP contribution is 2.41. The van der Waals surface area contributed by atoms with Gasteiger partial charge in [0.05, 0.1) is 26.5 Å². The van der Waals surface area contributed by atoms with E-state index in [1.165, 1.54) is 0 Å². The second-order valence-electron chi connectivity index (χ2n) is 6.80. The third-order valence-corrected chi connectivity index (χ3v) is 5.65. The summed E-state index contributed by atoms with van der Waals surface area (Å²) in [6.07, 6.45) is -8.07. The number of hydrogen-bond acceptors (Lipinski definition) is 2. The monoisotopic (exact) mass is 517 g/mol. The van der Waals surface area contributed by atoms with Crippen LogP contribution in [0.25, 0.3) is 6.08 Å². The van der Waals surface area contributed by atoms with Gasteiger partial charge in [0.15, 0.2) is 5.78 Å². The highest BCUT2D eigenvalue weighted by Gasteiger charge is 2.39. The molecule has 0 amide bonds. The lowest BCUT2D eigenvalue weighted by atomic mass is 9.95. The fraction of sp³-hybridized carbons (Fsp3) is 0.286. The summed E-state index contributed by atoms with van der Waals surface area (Å²) in [6.45, 7) is 0.130. The summed E-state index contributed by atoms with van der Waals surface area (Å²) in [5.41, 5.74) is 2.98. The summed E-state index contributed by atoms with van der Waals surface area (Å²) in [7, 11) is 0. The molecule has 2 aromatic rings. The van der Waals surface area contributed by atoms with Crippen molar-refractivity contribution in [3.05, 3.63) is 73.7 Å². The first kappa shape index (κ1) is 26.5. The van der Waals surface area contributed by atoms with E-state index in [4.69, 9.17) is 40.5 Å². The van der Waals surface area contributed by atoms with Gasteiger partial charge in [-0.2, -0.15) is 26.3 Å². The Kier molecular flexibility index (Phi) is 8.67. The minimum atomic E-state index is -4.88. The molecule has 0 saturated heterocycles. The van der Waals surface area contributed by atoms with E-state index in [1.54, 1.807) is 0 Å². The van der Waals surface area contributed by atoms with Crippen LogP contribution < -0.4 is 5.73 Å². The number of carbonyl (C=O) groups excluding carboxylic acids is 1. The van der Waals surface area contributed by atoms with E-state index in [0.717, 1.165) is 30.3 Å². The summed E-state index contributed by atoms with van der Waals surface area (Å²) in [5, 5.41) is -0.514. The smallest absolute Gasteiger partial charge is 0.330 e. The Morgan fingerprint density at radius 3 is 2.09 bits per heavy atom. The molecule has 0 fully saturated rings. The highest BCUT2D eigenvalue weighted by molar-refractivity contribution is 6.48. The number of allylic oxidation sites excluding steroid dienone is 1. The number of alkyl halides is 6. The number of nitrogens with two attached hydrogens (primary N) is 1. The largest absolute Gasteiger partial charge is 0.417 e. The van der Waals surface area contributed by atoms with Crippen LogP contribution in [0.4, 0.5) is 26.3 Å². The molecule has 0 spiro atoms. The van der Waals surface area contributed by atoms with Crippen molar-refractivity contribution >= 4 is 46.7 Å². The van der Waals surface area contributed by atoms with Crippen LogP contribution in [0.2, 0.25) is 15.1 Å². The van der Waals surface area contributed by atoms with Gasteiger partial charge in [0.1, 0.15) is 0 Å². The van der Waals surface area contributed by atoms with E-state index >= 15 is 0 Å². The minimum Gasteiger partial charge on any atom is -0.330 e. The standard InChI is InChI=1S/C21H16Cl3F6NO/c22-16-9-12(10-17(23)19(16)24)14(20(25,26)27)6-4-11-3-5-13(18(32)2-1-7-31)15(8-11)21(28,29)30/h3-6,8-10,14H,1-2,7,31H2/b6-4+. The van der Waals surface area contributed by atoms with E-state index in [-0.39, 0.29) is 45.6 Å². The summed E-state index contributed by atoms with van der Waals surface area (Å²) in [4.78, 5) is 12.1. The van der Waals surface area contributed by atoms with Gasteiger partial charge >= 0.3 is 12.4 Å². The molecule has 0 aromatic heterocycles. The van der Waals surface area contributed by atoms with Crippen LogP contribution >= 0.6 is 34.8 Å². The molecular weight excluding hydrogens is 503 g/mol. The number of rotatable bonds is 7. The van der Waals surface area contributed by atoms with Gasteiger partial charge in [0, 0.05) is 12.0 Å². The van der Waals surface area contributed by atoms with Crippen molar-refractivity contribution in [1.82, 2.24) is 0 Å². The lowest BCUT2D eigenvalue weighted by Gasteiger charge is -2.18. The number of carbonyl (C=O) groups is 1. The topological polar surface area (TPSA) is 43.1 Å². The molecule has 0 saturated carbocycles. The maximum atomic E-state index is 13.6. The Morgan fingerprint density at radius 1 is 1.00 bits per heavy atom. The molecule has 32 heavy (non-hydrogen) atoms. The zero-order chi connectivity index (χ0) is 24.3. The van der Waals surface area contributed by atoms with Gasteiger partial charge < -0.3 is 5.73 Å². The minimum absolute atomic E-state index is 0.119. The fourth-order valence-electron chi connectivity index (χ4n) is 2.91. The average Bonchev–Trinajstić information content (AvgIpc) is 2.68. The second kappa shape index (κ2) is 10.5. The van der Waals surface area contributed by atoms with E-state index in [0.29, 0.717) is 12.1 Å². The molecule has 2 nitrogen and oxygen atoms in total.